The lowest BCUT2D eigenvalue weighted by Crippen LogP contribution is -2.11. The zero-order chi connectivity index (χ0) is 14.3. The van der Waals surface area contributed by atoms with Gasteiger partial charge in [-0.3, -0.25) is 0 Å². The van der Waals surface area contributed by atoms with E-state index in [0.29, 0.717) is 11.5 Å². The van der Waals surface area contributed by atoms with Crippen LogP contribution in [0.1, 0.15) is 67.4 Å². The maximum atomic E-state index is 11.3. The van der Waals surface area contributed by atoms with Gasteiger partial charge >= 0.3 is 5.97 Å². The van der Waals surface area contributed by atoms with E-state index in [0.717, 1.165) is 17.5 Å². The second-order valence-corrected chi connectivity index (χ2v) is 5.41. The molecule has 106 valence electrons. The maximum Gasteiger partial charge on any atom is 0.335 e. The number of hydrogen-bond donors (Lipinski definition) is 1. The second-order valence-electron chi connectivity index (χ2n) is 5.41. The Hall–Kier alpha value is -1.31. The van der Waals surface area contributed by atoms with Crippen molar-refractivity contribution in [3.8, 4) is 0 Å². The summed E-state index contributed by atoms with van der Waals surface area (Å²) in [6.07, 6.45) is 6.91. The minimum atomic E-state index is -0.801. The van der Waals surface area contributed by atoms with Gasteiger partial charge in [0.2, 0.25) is 0 Å². The van der Waals surface area contributed by atoms with Crippen LogP contribution in [-0.2, 0) is 6.42 Å². The topological polar surface area (TPSA) is 37.3 Å². The first kappa shape index (κ1) is 15.7. The van der Waals surface area contributed by atoms with Gasteiger partial charge in [-0.05, 0) is 36.5 Å². The number of carboxylic acid groups (broad SMARTS) is 1. The molecule has 1 aromatic rings. The summed E-state index contributed by atoms with van der Waals surface area (Å²) in [5.74, 6) is -0.186. The van der Waals surface area contributed by atoms with Gasteiger partial charge < -0.3 is 5.11 Å². The Balaban J connectivity index is 2.91. The van der Waals surface area contributed by atoms with Crippen LogP contribution in [0.5, 0.6) is 0 Å². The molecule has 0 saturated carbocycles. The molecule has 0 aromatic heterocycles. The molecule has 0 radical (unpaired) electrons. The maximum absolute atomic E-state index is 11.3. The van der Waals surface area contributed by atoms with Crippen LogP contribution in [0.25, 0.3) is 0 Å². The number of carbonyl (C=O) groups is 1. The number of benzene rings is 1. The summed E-state index contributed by atoms with van der Waals surface area (Å²) in [6, 6.07) is 5.58. The molecule has 1 unspecified atom stereocenters. The average Bonchev–Trinajstić information content (AvgIpc) is 2.38. The molecule has 1 N–H and O–H groups in total. The number of unbranched alkanes of at least 4 members (excludes halogenated alkanes) is 1. The van der Waals surface area contributed by atoms with Crippen molar-refractivity contribution >= 4 is 5.97 Å². The summed E-state index contributed by atoms with van der Waals surface area (Å²) < 4.78 is 0. The average molecular weight is 262 g/mol. The number of hydrogen-bond acceptors (Lipinski definition) is 1. The summed E-state index contributed by atoms with van der Waals surface area (Å²) in [6.45, 7) is 6.43. The van der Waals surface area contributed by atoms with Gasteiger partial charge in [0.25, 0.3) is 0 Å². The van der Waals surface area contributed by atoms with Gasteiger partial charge in [-0.2, -0.15) is 0 Å². The van der Waals surface area contributed by atoms with E-state index in [2.05, 4.69) is 13.8 Å². The van der Waals surface area contributed by atoms with Crippen LogP contribution >= 0.6 is 0 Å². The van der Waals surface area contributed by atoms with Gasteiger partial charge in [-0.1, -0.05) is 58.1 Å². The Labute approximate surface area is 116 Å². The van der Waals surface area contributed by atoms with Crippen LogP contribution < -0.4 is 0 Å². The van der Waals surface area contributed by atoms with Gasteiger partial charge in [0, 0.05) is 0 Å². The molecule has 0 bridgehead atoms. The first-order valence-electron chi connectivity index (χ1n) is 7.41. The van der Waals surface area contributed by atoms with Gasteiger partial charge in [0.1, 0.15) is 0 Å². The molecule has 2 heteroatoms. The fourth-order valence-corrected chi connectivity index (χ4v) is 2.71. The molecule has 0 aliphatic heterocycles. The Morgan fingerprint density at radius 3 is 2.53 bits per heavy atom. The SMILES string of the molecule is CCCCC(CCC)Cc1c(C)cccc1C(=O)O. The number of aryl methyl sites for hydroxylation is 1. The lowest BCUT2D eigenvalue weighted by molar-refractivity contribution is 0.0695. The van der Waals surface area contributed by atoms with Crippen molar-refractivity contribution in [2.24, 2.45) is 5.92 Å². The minimum Gasteiger partial charge on any atom is -0.478 e. The van der Waals surface area contributed by atoms with Crippen LogP contribution in [0.2, 0.25) is 0 Å². The van der Waals surface area contributed by atoms with E-state index < -0.39 is 5.97 Å². The normalized spacial score (nSPS) is 12.4. The van der Waals surface area contributed by atoms with Crippen LogP contribution in [-0.4, -0.2) is 11.1 Å². The monoisotopic (exact) mass is 262 g/mol. The van der Waals surface area contributed by atoms with Crippen molar-refractivity contribution in [2.45, 2.75) is 59.3 Å². The summed E-state index contributed by atoms with van der Waals surface area (Å²) in [7, 11) is 0. The predicted molar refractivity (Wildman–Crippen MR) is 79.8 cm³/mol. The zero-order valence-electron chi connectivity index (χ0n) is 12.4. The van der Waals surface area contributed by atoms with E-state index in [1.807, 2.05) is 19.1 Å². The number of aromatic carboxylic acids is 1. The van der Waals surface area contributed by atoms with Gasteiger partial charge in [-0.15, -0.1) is 0 Å². The van der Waals surface area contributed by atoms with Crippen LogP contribution in [0.4, 0.5) is 0 Å². The highest BCUT2D eigenvalue weighted by atomic mass is 16.4. The largest absolute Gasteiger partial charge is 0.478 e. The van der Waals surface area contributed by atoms with Crippen molar-refractivity contribution in [2.75, 3.05) is 0 Å². The molecular weight excluding hydrogens is 236 g/mol. The molecule has 1 rings (SSSR count). The smallest absolute Gasteiger partial charge is 0.335 e. The van der Waals surface area contributed by atoms with Crippen molar-refractivity contribution in [3.63, 3.8) is 0 Å². The summed E-state index contributed by atoms with van der Waals surface area (Å²) in [5, 5.41) is 9.31. The quantitative estimate of drug-likeness (QED) is 0.727. The Morgan fingerprint density at radius 1 is 1.21 bits per heavy atom. The third-order valence-electron chi connectivity index (χ3n) is 3.80. The van der Waals surface area contributed by atoms with Crippen LogP contribution in [0, 0.1) is 12.8 Å². The molecule has 19 heavy (non-hydrogen) atoms. The molecule has 0 aliphatic carbocycles. The molecule has 0 fully saturated rings. The van der Waals surface area contributed by atoms with E-state index in [-0.39, 0.29) is 0 Å². The molecular formula is C17H26O2. The highest BCUT2D eigenvalue weighted by Crippen LogP contribution is 2.24. The van der Waals surface area contributed by atoms with E-state index in [1.54, 1.807) is 6.07 Å². The van der Waals surface area contributed by atoms with E-state index in [4.69, 9.17) is 0 Å². The van der Waals surface area contributed by atoms with Crippen LogP contribution in [0.3, 0.4) is 0 Å². The Morgan fingerprint density at radius 2 is 1.95 bits per heavy atom. The molecule has 1 atom stereocenters. The third kappa shape index (κ3) is 4.70. The predicted octanol–water partition coefficient (Wildman–Crippen LogP) is 4.84. The molecule has 1 aromatic carbocycles. The van der Waals surface area contributed by atoms with E-state index in [1.165, 1.54) is 32.1 Å². The highest BCUT2D eigenvalue weighted by Gasteiger charge is 2.16. The van der Waals surface area contributed by atoms with E-state index >= 15 is 0 Å². The Bertz CT molecular complexity index is 410. The standard InChI is InChI=1S/C17H26O2/c1-4-6-10-14(8-5-2)12-16-13(3)9-7-11-15(16)17(18)19/h7,9,11,14H,4-6,8,10,12H2,1-3H3,(H,18,19). The van der Waals surface area contributed by atoms with Crippen LogP contribution in [0.15, 0.2) is 18.2 Å². The van der Waals surface area contributed by atoms with Crippen molar-refractivity contribution in [1.82, 2.24) is 0 Å². The lowest BCUT2D eigenvalue weighted by Gasteiger charge is -2.18. The first-order valence-corrected chi connectivity index (χ1v) is 7.41. The molecule has 0 spiro atoms. The fraction of sp³-hybridized carbons (Fsp3) is 0.588. The first-order chi connectivity index (χ1) is 9.10. The summed E-state index contributed by atoms with van der Waals surface area (Å²) >= 11 is 0. The second kappa shape index (κ2) is 7.98. The Kier molecular flexibility index (Phi) is 6.61. The number of rotatable bonds is 8. The van der Waals surface area contributed by atoms with E-state index in [9.17, 15) is 9.90 Å². The van der Waals surface area contributed by atoms with Gasteiger partial charge in [0.05, 0.1) is 5.56 Å². The molecule has 0 aliphatic rings. The number of carboxylic acids is 1. The summed E-state index contributed by atoms with van der Waals surface area (Å²) in [5.41, 5.74) is 2.62. The highest BCUT2D eigenvalue weighted by molar-refractivity contribution is 5.89. The molecule has 0 amide bonds. The van der Waals surface area contributed by atoms with Gasteiger partial charge in [-0.25, -0.2) is 4.79 Å². The van der Waals surface area contributed by atoms with Gasteiger partial charge in [0.15, 0.2) is 0 Å². The summed E-state index contributed by atoms with van der Waals surface area (Å²) in [4.78, 5) is 11.3. The fourth-order valence-electron chi connectivity index (χ4n) is 2.71. The molecule has 0 heterocycles. The van der Waals surface area contributed by atoms with Crippen molar-refractivity contribution in [3.05, 3.63) is 34.9 Å². The molecule has 0 saturated heterocycles. The molecule has 2 nitrogen and oxygen atoms in total. The lowest BCUT2D eigenvalue weighted by atomic mass is 9.87. The third-order valence-corrected chi connectivity index (χ3v) is 3.80. The van der Waals surface area contributed by atoms with Crippen molar-refractivity contribution < 1.29 is 9.90 Å². The van der Waals surface area contributed by atoms with Crippen molar-refractivity contribution in [1.29, 1.82) is 0 Å². The zero-order valence-corrected chi connectivity index (χ0v) is 12.4. The minimum absolute atomic E-state index is 0.484.